The number of aliphatic carboxylic acids is 1. The Labute approximate surface area is 393 Å². The van der Waals surface area contributed by atoms with E-state index < -0.39 is 65.9 Å². The fourth-order valence-electron chi connectivity index (χ4n) is 9.18. The molecular formula is C49H58N8O9S. The molecular weight excluding hydrogens is 877 g/mol. The van der Waals surface area contributed by atoms with E-state index >= 15 is 0 Å². The number of imide groups is 1. The average Bonchev–Trinajstić information content (AvgIpc) is 4.00. The van der Waals surface area contributed by atoms with Crippen LogP contribution in [0, 0.1) is 5.92 Å². The van der Waals surface area contributed by atoms with Gasteiger partial charge in [-0.05, 0) is 89.0 Å². The third-order valence-corrected chi connectivity index (χ3v) is 13.7. The van der Waals surface area contributed by atoms with Gasteiger partial charge in [-0.15, -0.1) is 11.3 Å². The van der Waals surface area contributed by atoms with Crippen molar-refractivity contribution in [2.75, 3.05) is 25.5 Å². The minimum absolute atomic E-state index is 0.0164. The van der Waals surface area contributed by atoms with Crippen LogP contribution in [0.2, 0.25) is 0 Å². The number of hydrogen-bond donors (Lipinski definition) is 5. The van der Waals surface area contributed by atoms with Crippen LogP contribution in [0.5, 0.6) is 11.5 Å². The van der Waals surface area contributed by atoms with Crippen molar-refractivity contribution in [2.24, 2.45) is 5.92 Å². The molecule has 8 rings (SSSR count). The number of thiazole rings is 1. The molecule has 67 heavy (non-hydrogen) atoms. The minimum Gasteiger partial charge on any atom is -0.497 e. The highest BCUT2D eigenvalue weighted by Gasteiger charge is 2.45. The summed E-state index contributed by atoms with van der Waals surface area (Å²) in [5, 5.41) is 25.4. The monoisotopic (exact) mass is 934 g/mol. The number of nitrogens with one attached hydrogen (secondary N) is 4. The van der Waals surface area contributed by atoms with Gasteiger partial charge in [0.15, 0.2) is 5.13 Å². The van der Waals surface area contributed by atoms with Crippen molar-refractivity contribution in [3.05, 3.63) is 77.2 Å². The van der Waals surface area contributed by atoms with Crippen molar-refractivity contribution in [1.82, 2.24) is 35.7 Å². The molecule has 1 saturated carbocycles. The second-order valence-corrected chi connectivity index (χ2v) is 18.9. The molecule has 0 spiro atoms. The highest BCUT2D eigenvalue weighted by molar-refractivity contribution is 7.14. The Bertz CT molecular complexity index is 2510. The van der Waals surface area contributed by atoms with Gasteiger partial charge in [0.1, 0.15) is 41.4 Å². The molecule has 0 bridgehead atoms. The molecule has 2 fully saturated rings. The summed E-state index contributed by atoms with van der Waals surface area (Å²) in [6.07, 6.45) is 9.55. The summed E-state index contributed by atoms with van der Waals surface area (Å²) >= 11 is 1.45. The lowest BCUT2D eigenvalue weighted by Gasteiger charge is -2.36. The first-order valence-electron chi connectivity index (χ1n) is 23.3. The lowest BCUT2D eigenvalue weighted by Crippen LogP contribution is -2.58. The van der Waals surface area contributed by atoms with E-state index in [-0.39, 0.29) is 44.3 Å². The van der Waals surface area contributed by atoms with Crippen LogP contribution in [-0.4, -0.2) is 117 Å². The zero-order valence-corrected chi connectivity index (χ0v) is 38.8. The highest BCUT2D eigenvalue weighted by Crippen LogP contribution is 2.36. The normalized spacial score (nSPS) is 22.7. The van der Waals surface area contributed by atoms with Crippen LogP contribution in [0.1, 0.15) is 105 Å². The van der Waals surface area contributed by atoms with Crippen molar-refractivity contribution >= 4 is 63.0 Å². The molecule has 0 unspecified atom stereocenters. The summed E-state index contributed by atoms with van der Waals surface area (Å²) in [7, 11) is 1.57. The third kappa shape index (κ3) is 10.9. The van der Waals surface area contributed by atoms with Gasteiger partial charge in [0.05, 0.1) is 42.0 Å². The molecule has 17 nitrogen and oxygen atoms in total. The van der Waals surface area contributed by atoms with Crippen LogP contribution in [0.4, 0.5) is 9.93 Å². The molecule has 3 aliphatic heterocycles. The predicted molar refractivity (Wildman–Crippen MR) is 252 cm³/mol. The number of ether oxygens (including phenoxy) is 2. The van der Waals surface area contributed by atoms with E-state index in [1.165, 1.54) is 21.1 Å². The molecule has 4 aromatic rings. The standard InChI is InChI=1S/C49H58N8O9S/c1-28(2)50-49-55-40(27-67-49)38-24-42(34-21-20-30(65-3)22-37(34)51-38)66-31-23-41-43(58)52-36(47(62)63)19-10-8-6-4-5-7-9-18-35(46(61)56(41)25-31)53-48(64)54-39(29-14-13-15-29)26-57-44(59)32-16-11-12-17-33(32)45(57)60/h6,8,11-12,16-17,20-22,24,27-29,31,35-36,39,41H,4-5,7,9-10,13-15,18-19,23,25-26H2,1-3H3,(H,50,55)(H,52,58)(H,62,63)(H2,53,54,64)/b8-6-/t31-,35+,36+,39-,41+/m1/s1. The number of rotatable bonds is 12. The van der Waals surface area contributed by atoms with Gasteiger partial charge in [0.2, 0.25) is 11.8 Å². The van der Waals surface area contributed by atoms with Gasteiger partial charge in [-0.3, -0.25) is 24.1 Å². The van der Waals surface area contributed by atoms with Crippen LogP contribution in [-0.2, 0) is 14.4 Å². The number of methoxy groups -OCH3 is 1. The molecule has 354 valence electrons. The molecule has 2 aromatic heterocycles. The SMILES string of the molecule is COc1ccc2c(O[C@@H]3C[C@H]4C(=O)N[C@H](C(=O)O)CC/C=C\CCCCC[C@H](NC(=O)N[C@H](CN5C(=O)c6ccccc6C5=O)C5CCC5)C(=O)N4C3)cc(-c3csc(NC(C)C)n3)nc2c1. The summed E-state index contributed by atoms with van der Waals surface area (Å²) < 4.78 is 12.3. The topological polar surface area (TPSA) is 221 Å². The quantitative estimate of drug-likeness (QED) is 0.0756. The summed E-state index contributed by atoms with van der Waals surface area (Å²) in [5.74, 6) is -2.14. The van der Waals surface area contributed by atoms with Gasteiger partial charge in [0, 0.05) is 41.9 Å². The Morgan fingerprint density at radius 2 is 1.67 bits per heavy atom. The van der Waals surface area contributed by atoms with Crippen LogP contribution in [0.15, 0.2) is 66.1 Å². The van der Waals surface area contributed by atoms with Crippen LogP contribution in [0.3, 0.4) is 0 Å². The minimum atomic E-state index is -1.21. The first-order valence-corrected chi connectivity index (χ1v) is 24.1. The number of anilines is 1. The number of pyridine rings is 1. The molecule has 4 aliphatic rings. The first-order chi connectivity index (χ1) is 32.4. The Balaban J connectivity index is 1.07. The van der Waals surface area contributed by atoms with Crippen LogP contribution in [0.25, 0.3) is 22.3 Å². The lowest BCUT2D eigenvalue weighted by atomic mass is 9.79. The molecule has 2 aromatic carbocycles. The maximum Gasteiger partial charge on any atom is 0.326 e. The number of carboxylic acid groups (broad SMARTS) is 1. The van der Waals surface area contributed by atoms with Crippen molar-refractivity contribution < 1.29 is 43.3 Å². The molecule has 1 aliphatic carbocycles. The van der Waals surface area contributed by atoms with E-state index in [4.69, 9.17) is 19.4 Å². The van der Waals surface area contributed by atoms with E-state index in [1.54, 1.807) is 49.6 Å². The van der Waals surface area contributed by atoms with Crippen LogP contribution < -0.4 is 30.7 Å². The zero-order chi connectivity index (χ0) is 47.2. The Morgan fingerprint density at radius 3 is 2.37 bits per heavy atom. The number of nitrogens with zero attached hydrogens (tertiary/aromatic N) is 4. The first kappa shape index (κ1) is 47.0. The number of amides is 6. The highest BCUT2D eigenvalue weighted by atomic mass is 32.1. The Hall–Kier alpha value is -6.56. The lowest BCUT2D eigenvalue weighted by molar-refractivity contribution is -0.144. The number of aromatic nitrogens is 2. The second-order valence-electron chi connectivity index (χ2n) is 18.0. The summed E-state index contributed by atoms with van der Waals surface area (Å²) in [4.78, 5) is 94.8. The van der Waals surface area contributed by atoms with Gasteiger partial charge in [-0.25, -0.2) is 19.6 Å². The second kappa shape index (κ2) is 20.9. The van der Waals surface area contributed by atoms with E-state index in [2.05, 4.69) is 21.3 Å². The molecule has 6 amide bonds. The number of benzene rings is 2. The molecule has 5 heterocycles. The van der Waals surface area contributed by atoms with E-state index in [0.29, 0.717) is 57.8 Å². The number of carboxylic acids is 1. The Kier molecular flexibility index (Phi) is 14.7. The van der Waals surface area contributed by atoms with Gasteiger partial charge in [-0.2, -0.15) is 0 Å². The number of hydrogen-bond acceptors (Lipinski definition) is 12. The smallest absolute Gasteiger partial charge is 0.326 e. The fraction of sp³-hybridized carbons (Fsp3) is 0.469. The van der Waals surface area contributed by atoms with Crippen LogP contribution >= 0.6 is 11.3 Å². The number of carbonyl (C=O) groups excluding carboxylic acids is 5. The maximum absolute atomic E-state index is 15.0. The molecule has 0 radical (unpaired) electrons. The van der Waals surface area contributed by atoms with Crippen molar-refractivity contribution in [3.63, 3.8) is 0 Å². The van der Waals surface area contributed by atoms with Crippen molar-refractivity contribution in [1.29, 1.82) is 0 Å². The van der Waals surface area contributed by atoms with Gasteiger partial charge in [0.25, 0.3) is 11.8 Å². The third-order valence-electron chi connectivity index (χ3n) is 13.0. The van der Waals surface area contributed by atoms with E-state index in [1.807, 2.05) is 37.4 Å². The fourth-order valence-corrected chi connectivity index (χ4v) is 10.0. The predicted octanol–water partition coefficient (Wildman–Crippen LogP) is 6.54. The zero-order valence-electron chi connectivity index (χ0n) is 38.0. The summed E-state index contributed by atoms with van der Waals surface area (Å²) in [6, 6.07) is 9.40. The molecule has 5 atom stereocenters. The Morgan fingerprint density at radius 1 is 0.910 bits per heavy atom. The van der Waals surface area contributed by atoms with Crippen molar-refractivity contribution in [2.45, 2.75) is 121 Å². The average molecular weight is 935 g/mol. The summed E-state index contributed by atoms with van der Waals surface area (Å²) in [6.45, 7) is 3.98. The number of urea groups is 1. The summed E-state index contributed by atoms with van der Waals surface area (Å²) in [5.41, 5.74) is 2.38. The number of carbonyl (C=O) groups is 6. The number of allylic oxidation sites excluding steroid dienone is 2. The number of fused-ring (bicyclic) bond motifs is 3. The van der Waals surface area contributed by atoms with Gasteiger partial charge < -0.3 is 40.7 Å². The van der Waals surface area contributed by atoms with Gasteiger partial charge in [-0.1, -0.05) is 43.5 Å². The molecule has 18 heteroatoms. The molecule has 1 saturated heterocycles. The van der Waals surface area contributed by atoms with E-state index in [9.17, 15) is 33.9 Å². The van der Waals surface area contributed by atoms with Gasteiger partial charge >= 0.3 is 12.0 Å². The molecule has 5 N–H and O–H groups in total. The van der Waals surface area contributed by atoms with Crippen molar-refractivity contribution in [3.8, 4) is 22.9 Å². The maximum atomic E-state index is 15.0. The van der Waals surface area contributed by atoms with E-state index in [0.717, 1.165) is 43.7 Å². The largest absolute Gasteiger partial charge is 0.497 e.